The number of thiazole rings is 1. The average Bonchev–Trinajstić information content (AvgIpc) is 2.78. The van der Waals surface area contributed by atoms with Gasteiger partial charge in [0, 0.05) is 23.8 Å². The summed E-state index contributed by atoms with van der Waals surface area (Å²) in [6.07, 6.45) is 2.50. The standard InChI is InChI=1S/C12H21N3S/c1-9(7-13)11-8-16-12(14-11)10-3-5-15(2)6-4-10/h8-10H,3-7,13H2,1-2H3. The van der Waals surface area contributed by atoms with Crippen molar-refractivity contribution in [2.24, 2.45) is 5.73 Å². The number of hydrogen-bond acceptors (Lipinski definition) is 4. The molecule has 1 aliphatic rings. The largest absolute Gasteiger partial charge is 0.330 e. The van der Waals surface area contributed by atoms with E-state index in [0.717, 1.165) is 0 Å². The molecule has 2 N–H and O–H groups in total. The Kier molecular flexibility index (Phi) is 3.95. The van der Waals surface area contributed by atoms with Crippen LogP contribution in [-0.2, 0) is 0 Å². The summed E-state index contributed by atoms with van der Waals surface area (Å²) in [4.78, 5) is 7.15. The van der Waals surface area contributed by atoms with Crippen molar-refractivity contribution in [2.75, 3.05) is 26.7 Å². The summed E-state index contributed by atoms with van der Waals surface area (Å²) in [5, 5.41) is 3.51. The molecule has 1 aromatic heterocycles. The SMILES string of the molecule is CC(CN)c1csc(C2CCN(C)CC2)n1. The topological polar surface area (TPSA) is 42.1 Å². The molecular formula is C12H21N3S. The molecule has 0 aliphatic carbocycles. The molecule has 3 nitrogen and oxygen atoms in total. The van der Waals surface area contributed by atoms with Crippen LogP contribution in [0.5, 0.6) is 0 Å². The maximum Gasteiger partial charge on any atom is 0.0960 e. The van der Waals surface area contributed by atoms with Crippen LogP contribution in [0.4, 0.5) is 0 Å². The van der Waals surface area contributed by atoms with E-state index in [1.54, 1.807) is 0 Å². The zero-order valence-electron chi connectivity index (χ0n) is 10.1. The molecule has 1 saturated heterocycles. The third-order valence-electron chi connectivity index (χ3n) is 3.47. The summed E-state index contributed by atoms with van der Waals surface area (Å²) >= 11 is 1.82. The highest BCUT2D eigenvalue weighted by molar-refractivity contribution is 7.09. The van der Waals surface area contributed by atoms with Crippen LogP contribution in [0.2, 0.25) is 0 Å². The summed E-state index contributed by atoms with van der Waals surface area (Å²) in [5.74, 6) is 1.08. The van der Waals surface area contributed by atoms with Crippen LogP contribution < -0.4 is 5.73 Å². The number of piperidine rings is 1. The smallest absolute Gasteiger partial charge is 0.0960 e. The van der Waals surface area contributed by atoms with Gasteiger partial charge in [0.05, 0.1) is 10.7 Å². The molecule has 1 aromatic rings. The first-order chi connectivity index (χ1) is 7.70. The van der Waals surface area contributed by atoms with E-state index in [1.807, 2.05) is 11.3 Å². The lowest BCUT2D eigenvalue weighted by Gasteiger charge is -2.27. The van der Waals surface area contributed by atoms with Crippen molar-refractivity contribution < 1.29 is 0 Å². The van der Waals surface area contributed by atoms with Crippen LogP contribution in [0.3, 0.4) is 0 Å². The van der Waals surface area contributed by atoms with Crippen LogP contribution in [0, 0.1) is 0 Å². The molecule has 0 aromatic carbocycles. The lowest BCUT2D eigenvalue weighted by molar-refractivity contribution is 0.255. The highest BCUT2D eigenvalue weighted by Gasteiger charge is 2.21. The van der Waals surface area contributed by atoms with E-state index >= 15 is 0 Å². The minimum atomic E-state index is 0.399. The van der Waals surface area contributed by atoms with Crippen molar-refractivity contribution in [1.29, 1.82) is 0 Å². The minimum absolute atomic E-state index is 0.399. The van der Waals surface area contributed by atoms with Gasteiger partial charge in [0.1, 0.15) is 0 Å². The number of nitrogens with zero attached hydrogens (tertiary/aromatic N) is 2. The molecule has 1 fully saturated rings. The van der Waals surface area contributed by atoms with Crippen molar-refractivity contribution in [3.63, 3.8) is 0 Å². The Balaban J connectivity index is 2.01. The van der Waals surface area contributed by atoms with Crippen LogP contribution in [0.15, 0.2) is 5.38 Å². The fourth-order valence-electron chi connectivity index (χ4n) is 2.09. The molecule has 16 heavy (non-hydrogen) atoms. The second-order valence-electron chi connectivity index (χ2n) is 4.82. The van der Waals surface area contributed by atoms with Crippen LogP contribution in [0.1, 0.15) is 42.3 Å². The maximum atomic E-state index is 5.67. The number of likely N-dealkylation sites (tertiary alicyclic amines) is 1. The molecule has 0 radical (unpaired) electrons. The number of hydrogen-bond donors (Lipinski definition) is 1. The third-order valence-corrected chi connectivity index (χ3v) is 4.49. The monoisotopic (exact) mass is 239 g/mol. The molecule has 0 saturated carbocycles. The Labute approximate surface area is 102 Å². The van der Waals surface area contributed by atoms with E-state index < -0.39 is 0 Å². The zero-order valence-corrected chi connectivity index (χ0v) is 11.0. The van der Waals surface area contributed by atoms with E-state index in [9.17, 15) is 0 Å². The van der Waals surface area contributed by atoms with Crippen molar-refractivity contribution >= 4 is 11.3 Å². The number of nitrogens with two attached hydrogens (primary N) is 1. The van der Waals surface area contributed by atoms with Crippen molar-refractivity contribution in [1.82, 2.24) is 9.88 Å². The Morgan fingerprint density at radius 2 is 2.25 bits per heavy atom. The van der Waals surface area contributed by atoms with Gasteiger partial charge in [-0.1, -0.05) is 6.92 Å². The van der Waals surface area contributed by atoms with Gasteiger partial charge in [-0.05, 0) is 33.0 Å². The van der Waals surface area contributed by atoms with Gasteiger partial charge in [0.25, 0.3) is 0 Å². The summed E-state index contributed by atoms with van der Waals surface area (Å²) < 4.78 is 0. The van der Waals surface area contributed by atoms with Crippen LogP contribution in [-0.4, -0.2) is 36.6 Å². The van der Waals surface area contributed by atoms with Crippen molar-refractivity contribution in [3.8, 4) is 0 Å². The highest BCUT2D eigenvalue weighted by atomic mass is 32.1. The quantitative estimate of drug-likeness (QED) is 0.877. The predicted molar refractivity (Wildman–Crippen MR) is 69.1 cm³/mol. The molecule has 90 valence electrons. The molecule has 1 aliphatic heterocycles. The number of aromatic nitrogens is 1. The second kappa shape index (κ2) is 5.25. The molecule has 0 amide bonds. The summed E-state index contributed by atoms with van der Waals surface area (Å²) in [7, 11) is 2.19. The Bertz CT molecular complexity index is 329. The van der Waals surface area contributed by atoms with Gasteiger partial charge < -0.3 is 10.6 Å². The normalized spacial score (nSPS) is 21.2. The first kappa shape index (κ1) is 12.0. The summed E-state index contributed by atoms with van der Waals surface area (Å²) in [5.41, 5.74) is 6.85. The van der Waals surface area contributed by atoms with Crippen LogP contribution >= 0.6 is 11.3 Å². The summed E-state index contributed by atoms with van der Waals surface area (Å²) in [6.45, 7) is 5.24. The Morgan fingerprint density at radius 3 is 2.88 bits per heavy atom. The third kappa shape index (κ3) is 2.62. The minimum Gasteiger partial charge on any atom is -0.330 e. The maximum absolute atomic E-state index is 5.67. The van der Waals surface area contributed by atoms with Gasteiger partial charge in [0.15, 0.2) is 0 Å². The predicted octanol–water partition coefficient (Wildman–Crippen LogP) is 2.01. The molecule has 0 bridgehead atoms. The molecular weight excluding hydrogens is 218 g/mol. The fraction of sp³-hybridized carbons (Fsp3) is 0.750. The van der Waals surface area contributed by atoms with Crippen LogP contribution in [0.25, 0.3) is 0 Å². The van der Waals surface area contributed by atoms with Gasteiger partial charge >= 0.3 is 0 Å². The van der Waals surface area contributed by atoms with E-state index in [4.69, 9.17) is 10.7 Å². The molecule has 1 unspecified atom stereocenters. The van der Waals surface area contributed by atoms with Crippen molar-refractivity contribution in [2.45, 2.75) is 31.6 Å². The lowest BCUT2D eigenvalue weighted by Crippen LogP contribution is -2.29. The van der Waals surface area contributed by atoms with Gasteiger partial charge in [-0.25, -0.2) is 4.98 Å². The van der Waals surface area contributed by atoms with Gasteiger partial charge in [-0.3, -0.25) is 0 Å². The van der Waals surface area contributed by atoms with Gasteiger partial charge in [-0.15, -0.1) is 11.3 Å². The molecule has 2 rings (SSSR count). The van der Waals surface area contributed by atoms with Gasteiger partial charge in [-0.2, -0.15) is 0 Å². The Morgan fingerprint density at radius 1 is 1.56 bits per heavy atom. The average molecular weight is 239 g/mol. The fourth-order valence-corrected chi connectivity index (χ4v) is 3.20. The second-order valence-corrected chi connectivity index (χ2v) is 5.71. The zero-order chi connectivity index (χ0) is 11.5. The molecule has 1 atom stereocenters. The first-order valence-electron chi connectivity index (χ1n) is 6.04. The first-order valence-corrected chi connectivity index (χ1v) is 6.92. The lowest BCUT2D eigenvalue weighted by atomic mass is 9.98. The molecule has 0 spiro atoms. The van der Waals surface area contributed by atoms with E-state index in [1.165, 1.54) is 36.6 Å². The van der Waals surface area contributed by atoms with Gasteiger partial charge in [0.2, 0.25) is 0 Å². The molecule has 4 heteroatoms. The molecule has 2 heterocycles. The Hall–Kier alpha value is -0.450. The highest BCUT2D eigenvalue weighted by Crippen LogP contribution is 2.31. The summed E-state index contributed by atoms with van der Waals surface area (Å²) in [6, 6.07) is 0. The van der Waals surface area contributed by atoms with E-state index in [0.29, 0.717) is 18.4 Å². The van der Waals surface area contributed by atoms with Crippen molar-refractivity contribution in [3.05, 3.63) is 16.1 Å². The number of rotatable bonds is 3. The van der Waals surface area contributed by atoms with E-state index in [-0.39, 0.29) is 0 Å². The van der Waals surface area contributed by atoms with E-state index in [2.05, 4.69) is 24.3 Å².